The molecule has 2 saturated heterocycles. The molecule has 4 aromatic rings. The zero-order chi connectivity index (χ0) is 32.4. The zero-order valence-electron chi connectivity index (χ0n) is 27.3. The molecular weight excluding hydrogens is 665 g/mol. The van der Waals surface area contributed by atoms with Gasteiger partial charge in [0, 0.05) is 75.7 Å². The van der Waals surface area contributed by atoms with Crippen molar-refractivity contribution in [3.05, 3.63) is 52.9 Å². The lowest BCUT2D eigenvalue weighted by Gasteiger charge is -2.43. The molecule has 0 saturated carbocycles. The number of piperazine rings is 1. The number of aryl methyl sites for hydroxylation is 1. The average molecular weight is 709 g/mol. The minimum Gasteiger partial charge on any atom is -0.494 e. The Bertz CT molecular complexity index is 1750. The van der Waals surface area contributed by atoms with Gasteiger partial charge in [-0.2, -0.15) is 4.98 Å². The molecule has 0 unspecified atom stereocenters. The monoisotopic (exact) mass is 707 g/mol. The summed E-state index contributed by atoms with van der Waals surface area (Å²) in [5, 5.41) is 7.41. The molecule has 46 heavy (non-hydrogen) atoms. The van der Waals surface area contributed by atoms with Gasteiger partial charge in [0.05, 0.1) is 33.8 Å². The maximum Gasteiger partial charge on any atom is 0.229 e. The molecule has 2 aromatic carbocycles. The van der Waals surface area contributed by atoms with Crippen molar-refractivity contribution < 1.29 is 9.30 Å². The topological polar surface area (TPSA) is 112 Å². The maximum atomic E-state index is 13.4. The molecule has 11 nitrogen and oxygen atoms in total. The number of halogens is 1. The number of likely N-dealkylation sites (N-methyl/N-ethyl adjacent to an activating group) is 1. The van der Waals surface area contributed by atoms with E-state index in [-0.39, 0.29) is 0 Å². The second-order valence-corrected chi connectivity index (χ2v) is 16.5. The summed E-state index contributed by atoms with van der Waals surface area (Å²) in [5.41, 5.74) is 5.26. The predicted molar refractivity (Wildman–Crippen MR) is 192 cm³/mol. The van der Waals surface area contributed by atoms with Crippen molar-refractivity contribution in [2.45, 2.75) is 32.2 Å². The van der Waals surface area contributed by atoms with E-state index < -0.39 is 7.14 Å². The molecule has 0 radical (unpaired) electrons. The summed E-state index contributed by atoms with van der Waals surface area (Å²) in [4.78, 5) is 25.8. The van der Waals surface area contributed by atoms with E-state index in [1.807, 2.05) is 12.1 Å². The molecule has 2 fully saturated rings. The number of fused-ring (bicyclic) bond motifs is 1. The van der Waals surface area contributed by atoms with Gasteiger partial charge in [0.15, 0.2) is 0 Å². The van der Waals surface area contributed by atoms with Crippen molar-refractivity contribution in [1.29, 1.82) is 0 Å². The molecule has 244 valence electrons. The van der Waals surface area contributed by atoms with Gasteiger partial charge in [-0.25, -0.2) is 4.98 Å². The minimum absolute atomic E-state index is 0.408. The van der Waals surface area contributed by atoms with Crippen LogP contribution in [0.1, 0.15) is 25.3 Å². The standard InChI is InChI=1S/C33H43BrN9O2P/c1-6-22-19-27(29(45-3)20-28(22)43-13-9-23(10-14-43)42-17-15-41(2)16-18-42)39-33-37-21-24(34)32(40-33)38-26-8-7-25-30(36-12-11-35-25)31(26)46(4,5)44/h7-8,11-12,19-21,23H,6,9-10,13-18H2,1-5H3,(H2,37,38,39,40). The number of methoxy groups -OCH3 is 1. The van der Waals surface area contributed by atoms with Gasteiger partial charge in [0.2, 0.25) is 5.95 Å². The van der Waals surface area contributed by atoms with Gasteiger partial charge >= 0.3 is 0 Å². The van der Waals surface area contributed by atoms with Crippen molar-refractivity contribution in [2.75, 3.05) is 82.3 Å². The van der Waals surface area contributed by atoms with Gasteiger partial charge in [-0.3, -0.25) is 14.9 Å². The second-order valence-electron chi connectivity index (χ2n) is 12.5. The molecule has 2 N–H and O–H groups in total. The van der Waals surface area contributed by atoms with Crippen LogP contribution in [0.25, 0.3) is 11.0 Å². The fraction of sp³-hybridized carbons (Fsp3) is 0.455. The molecule has 0 atom stereocenters. The highest BCUT2D eigenvalue weighted by atomic mass is 79.9. The lowest BCUT2D eigenvalue weighted by molar-refractivity contribution is 0.0982. The molecule has 6 rings (SSSR count). The highest BCUT2D eigenvalue weighted by Crippen LogP contribution is 2.42. The number of anilines is 5. The SMILES string of the molecule is CCc1cc(Nc2ncc(Br)c(Nc3ccc4nccnc4c3P(C)(C)=O)n2)c(OC)cc1N1CCC(N2CCN(C)CC2)CC1. The third kappa shape index (κ3) is 7.00. The van der Waals surface area contributed by atoms with E-state index in [0.717, 1.165) is 44.0 Å². The van der Waals surface area contributed by atoms with Crippen LogP contribution in [-0.4, -0.2) is 103 Å². The van der Waals surface area contributed by atoms with Gasteiger partial charge in [0.1, 0.15) is 24.2 Å². The van der Waals surface area contributed by atoms with Gasteiger partial charge in [-0.1, -0.05) is 6.92 Å². The van der Waals surface area contributed by atoms with Crippen LogP contribution in [0.15, 0.2) is 47.3 Å². The average Bonchev–Trinajstić information content (AvgIpc) is 3.06. The summed E-state index contributed by atoms with van der Waals surface area (Å²) < 4.78 is 20.0. The first-order chi connectivity index (χ1) is 22.1. The van der Waals surface area contributed by atoms with E-state index >= 15 is 0 Å². The number of piperidine rings is 1. The van der Waals surface area contributed by atoms with E-state index in [9.17, 15) is 4.57 Å². The highest BCUT2D eigenvalue weighted by molar-refractivity contribution is 9.10. The first-order valence-electron chi connectivity index (χ1n) is 15.9. The van der Waals surface area contributed by atoms with E-state index in [0.29, 0.717) is 44.3 Å². The summed E-state index contributed by atoms with van der Waals surface area (Å²) >= 11 is 3.59. The second kappa shape index (κ2) is 13.8. The Kier molecular flexibility index (Phi) is 9.80. The van der Waals surface area contributed by atoms with Crippen LogP contribution in [0.5, 0.6) is 5.75 Å². The maximum absolute atomic E-state index is 13.4. The van der Waals surface area contributed by atoms with Gasteiger partial charge in [0.25, 0.3) is 0 Å². The summed E-state index contributed by atoms with van der Waals surface area (Å²) in [7, 11) is 1.18. The van der Waals surface area contributed by atoms with Crippen LogP contribution in [-0.2, 0) is 11.0 Å². The Hall–Kier alpha value is -3.31. The smallest absolute Gasteiger partial charge is 0.229 e. The molecule has 0 bridgehead atoms. The van der Waals surface area contributed by atoms with E-state index in [4.69, 9.17) is 9.72 Å². The van der Waals surface area contributed by atoms with E-state index in [1.54, 1.807) is 39.0 Å². The highest BCUT2D eigenvalue weighted by Gasteiger charge is 2.28. The summed E-state index contributed by atoms with van der Waals surface area (Å²) in [6.45, 7) is 12.4. The predicted octanol–water partition coefficient (Wildman–Crippen LogP) is 5.70. The third-order valence-electron chi connectivity index (χ3n) is 9.04. The van der Waals surface area contributed by atoms with E-state index in [2.05, 4.69) is 82.3 Å². The van der Waals surface area contributed by atoms with Crippen LogP contribution in [0.3, 0.4) is 0 Å². The fourth-order valence-corrected chi connectivity index (χ4v) is 8.23. The van der Waals surface area contributed by atoms with Crippen LogP contribution in [0, 0.1) is 0 Å². The Morgan fingerprint density at radius 1 is 0.978 bits per heavy atom. The molecule has 2 aliphatic rings. The quantitative estimate of drug-likeness (QED) is 0.209. The first kappa shape index (κ1) is 32.6. The summed E-state index contributed by atoms with van der Waals surface area (Å²) in [5.74, 6) is 1.68. The van der Waals surface area contributed by atoms with Gasteiger partial charge < -0.3 is 29.7 Å². The number of ether oxygens (including phenoxy) is 1. The number of benzene rings is 2. The lowest BCUT2D eigenvalue weighted by atomic mass is 9.99. The van der Waals surface area contributed by atoms with Gasteiger partial charge in [-0.05, 0) is 79.3 Å². The molecular formula is C33H43BrN9O2P. The Balaban J connectivity index is 1.23. The van der Waals surface area contributed by atoms with Crippen molar-refractivity contribution in [1.82, 2.24) is 29.7 Å². The molecule has 2 aliphatic heterocycles. The van der Waals surface area contributed by atoms with Gasteiger partial charge in [-0.15, -0.1) is 0 Å². The van der Waals surface area contributed by atoms with Crippen LogP contribution in [0.4, 0.5) is 28.8 Å². The number of aromatic nitrogens is 4. The number of rotatable bonds is 9. The Morgan fingerprint density at radius 2 is 1.72 bits per heavy atom. The number of hydrogen-bond acceptors (Lipinski definition) is 11. The molecule has 2 aromatic heterocycles. The zero-order valence-corrected chi connectivity index (χ0v) is 29.7. The van der Waals surface area contributed by atoms with Crippen LogP contribution < -0.4 is 25.6 Å². The van der Waals surface area contributed by atoms with Crippen molar-refractivity contribution in [2.24, 2.45) is 0 Å². The van der Waals surface area contributed by atoms with Crippen molar-refractivity contribution >= 4 is 68.2 Å². The summed E-state index contributed by atoms with van der Waals surface area (Å²) in [6, 6.07) is 8.71. The molecule has 13 heteroatoms. The molecule has 0 amide bonds. The van der Waals surface area contributed by atoms with E-state index in [1.165, 1.54) is 37.2 Å². The van der Waals surface area contributed by atoms with Crippen LogP contribution >= 0.6 is 23.1 Å². The first-order valence-corrected chi connectivity index (χ1v) is 19.3. The molecule has 0 aliphatic carbocycles. The van der Waals surface area contributed by atoms with Crippen LogP contribution in [0.2, 0.25) is 0 Å². The normalized spacial score (nSPS) is 17.0. The molecule has 0 spiro atoms. The number of hydrogen-bond donors (Lipinski definition) is 2. The molecule has 4 heterocycles. The minimum atomic E-state index is -2.73. The largest absolute Gasteiger partial charge is 0.494 e. The third-order valence-corrected chi connectivity index (χ3v) is 11.1. The number of nitrogens with one attached hydrogen (secondary N) is 2. The fourth-order valence-electron chi connectivity index (χ4n) is 6.55. The Morgan fingerprint density at radius 3 is 2.41 bits per heavy atom. The van der Waals surface area contributed by atoms with Crippen molar-refractivity contribution in [3.63, 3.8) is 0 Å². The van der Waals surface area contributed by atoms with Crippen molar-refractivity contribution in [3.8, 4) is 5.75 Å². The summed E-state index contributed by atoms with van der Waals surface area (Å²) in [6.07, 6.45) is 8.19. The number of nitrogens with zero attached hydrogens (tertiary/aromatic N) is 7. The Labute approximate surface area is 279 Å². The lowest BCUT2D eigenvalue weighted by Crippen LogP contribution is -2.52.